The van der Waals surface area contributed by atoms with E-state index in [1.807, 2.05) is 6.92 Å². The van der Waals surface area contributed by atoms with Crippen LogP contribution in [-0.2, 0) is 9.47 Å². The van der Waals surface area contributed by atoms with Crippen molar-refractivity contribution in [2.24, 2.45) is 0 Å². The van der Waals surface area contributed by atoms with Crippen molar-refractivity contribution in [2.75, 3.05) is 32.2 Å². The molecule has 0 bridgehead atoms. The van der Waals surface area contributed by atoms with E-state index >= 15 is 0 Å². The van der Waals surface area contributed by atoms with Gasteiger partial charge in [0.1, 0.15) is 11.9 Å². The fourth-order valence-electron chi connectivity index (χ4n) is 2.73. The van der Waals surface area contributed by atoms with Gasteiger partial charge in [-0.15, -0.1) is 10.2 Å². The Hall–Kier alpha value is -2.65. The number of hydrogen-bond acceptors (Lipinski definition) is 7. The molecule has 3 rings (SSSR count). The number of urea groups is 1. The number of amides is 2. The summed E-state index contributed by atoms with van der Waals surface area (Å²) in [6.07, 6.45) is -0.152. The molecule has 1 saturated heterocycles. The van der Waals surface area contributed by atoms with Crippen LogP contribution in [0.4, 0.5) is 10.5 Å². The first kappa shape index (κ1) is 18.2. The Morgan fingerprint density at radius 2 is 2.19 bits per heavy atom. The quantitative estimate of drug-likeness (QED) is 0.809. The van der Waals surface area contributed by atoms with Gasteiger partial charge < -0.3 is 29.3 Å². The summed E-state index contributed by atoms with van der Waals surface area (Å²) in [6, 6.07) is 4.65. The van der Waals surface area contributed by atoms with Crippen molar-refractivity contribution >= 4 is 11.7 Å². The van der Waals surface area contributed by atoms with E-state index in [2.05, 4.69) is 20.8 Å². The van der Waals surface area contributed by atoms with Gasteiger partial charge in [0, 0.05) is 19.1 Å². The standard InChI is InChI=1S/C17H22N4O5/c1-4-25-15-9-24-8-13(15)19-17(22)18-12-7-11(5-6-14(12)23-3)16-21-20-10(2)26-16/h5-7,13,15H,4,8-9H2,1-3H3,(H2,18,19,22)/t13-,15-/m1/s1. The normalized spacial score (nSPS) is 19.3. The van der Waals surface area contributed by atoms with Crippen LogP contribution >= 0.6 is 0 Å². The van der Waals surface area contributed by atoms with Crippen LogP contribution in [0.25, 0.3) is 11.5 Å². The van der Waals surface area contributed by atoms with Crippen molar-refractivity contribution in [1.29, 1.82) is 0 Å². The van der Waals surface area contributed by atoms with Gasteiger partial charge in [-0.25, -0.2) is 4.79 Å². The van der Waals surface area contributed by atoms with Gasteiger partial charge in [-0.2, -0.15) is 0 Å². The average Bonchev–Trinajstić information content (AvgIpc) is 3.24. The highest BCUT2D eigenvalue weighted by Gasteiger charge is 2.30. The highest BCUT2D eigenvalue weighted by molar-refractivity contribution is 5.92. The lowest BCUT2D eigenvalue weighted by Gasteiger charge is -2.19. The number of nitrogens with one attached hydrogen (secondary N) is 2. The Kier molecular flexibility index (Phi) is 5.69. The maximum absolute atomic E-state index is 12.4. The second-order valence-electron chi connectivity index (χ2n) is 5.78. The Bertz CT molecular complexity index is 763. The van der Waals surface area contributed by atoms with Gasteiger partial charge in [0.15, 0.2) is 0 Å². The molecule has 0 spiro atoms. The van der Waals surface area contributed by atoms with E-state index in [0.29, 0.717) is 48.6 Å². The summed E-state index contributed by atoms with van der Waals surface area (Å²) in [4.78, 5) is 12.4. The smallest absolute Gasteiger partial charge is 0.319 e. The lowest BCUT2D eigenvalue weighted by atomic mass is 10.2. The first-order valence-electron chi connectivity index (χ1n) is 8.36. The van der Waals surface area contributed by atoms with Crippen molar-refractivity contribution in [2.45, 2.75) is 26.0 Å². The third kappa shape index (κ3) is 4.12. The number of methoxy groups -OCH3 is 1. The van der Waals surface area contributed by atoms with Gasteiger partial charge in [-0.1, -0.05) is 0 Å². The number of nitrogens with zero attached hydrogens (tertiary/aromatic N) is 2. The summed E-state index contributed by atoms with van der Waals surface area (Å²) in [5, 5.41) is 13.5. The van der Waals surface area contributed by atoms with Crippen molar-refractivity contribution in [3.8, 4) is 17.2 Å². The largest absolute Gasteiger partial charge is 0.495 e. The molecule has 1 fully saturated rings. The molecule has 2 amide bonds. The summed E-state index contributed by atoms with van der Waals surface area (Å²) in [6.45, 7) is 5.06. The predicted molar refractivity (Wildman–Crippen MR) is 93.2 cm³/mol. The minimum Gasteiger partial charge on any atom is -0.495 e. The van der Waals surface area contributed by atoms with Gasteiger partial charge in [-0.3, -0.25) is 0 Å². The van der Waals surface area contributed by atoms with E-state index < -0.39 is 0 Å². The maximum Gasteiger partial charge on any atom is 0.319 e. The second kappa shape index (κ2) is 8.15. The number of rotatable bonds is 6. The fraction of sp³-hybridized carbons (Fsp3) is 0.471. The zero-order valence-corrected chi connectivity index (χ0v) is 14.9. The second-order valence-corrected chi connectivity index (χ2v) is 5.78. The van der Waals surface area contributed by atoms with Crippen molar-refractivity contribution in [3.63, 3.8) is 0 Å². The van der Waals surface area contributed by atoms with Crippen LogP contribution in [0.15, 0.2) is 22.6 Å². The summed E-state index contributed by atoms with van der Waals surface area (Å²) in [7, 11) is 1.53. The molecule has 0 unspecified atom stereocenters. The van der Waals surface area contributed by atoms with Crippen LogP contribution in [0.3, 0.4) is 0 Å². The van der Waals surface area contributed by atoms with Gasteiger partial charge in [0.05, 0.1) is 32.1 Å². The number of hydrogen-bond donors (Lipinski definition) is 2. The molecule has 1 aliphatic heterocycles. The number of aryl methyl sites for hydroxylation is 1. The van der Waals surface area contributed by atoms with Crippen molar-refractivity contribution in [3.05, 3.63) is 24.1 Å². The zero-order valence-electron chi connectivity index (χ0n) is 14.9. The SMILES string of the molecule is CCO[C@@H]1COC[C@H]1NC(=O)Nc1cc(-c2nnc(C)o2)ccc1OC. The number of benzene rings is 1. The van der Waals surface area contributed by atoms with E-state index in [-0.39, 0.29) is 18.2 Å². The summed E-state index contributed by atoms with van der Waals surface area (Å²) in [5.74, 6) is 1.35. The molecular formula is C17H22N4O5. The highest BCUT2D eigenvalue weighted by Crippen LogP contribution is 2.30. The highest BCUT2D eigenvalue weighted by atomic mass is 16.5. The van der Waals surface area contributed by atoms with E-state index in [1.54, 1.807) is 25.1 Å². The molecule has 26 heavy (non-hydrogen) atoms. The van der Waals surface area contributed by atoms with Crippen LogP contribution in [0.5, 0.6) is 5.75 Å². The first-order chi connectivity index (χ1) is 12.6. The lowest BCUT2D eigenvalue weighted by Crippen LogP contribution is -2.45. The molecule has 9 nitrogen and oxygen atoms in total. The first-order valence-corrected chi connectivity index (χ1v) is 8.36. The van der Waals surface area contributed by atoms with E-state index in [0.717, 1.165) is 0 Å². The van der Waals surface area contributed by atoms with Crippen LogP contribution in [-0.4, -0.2) is 55.3 Å². The predicted octanol–water partition coefficient (Wildman–Crippen LogP) is 1.98. The number of carbonyl (C=O) groups is 1. The van der Waals surface area contributed by atoms with Crippen LogP contribution in [0.1, 0.15) is 12.8 Å². The van der Waals surface area contributed by atoms with Gasteiger partial charge in [-0.05, 0) is 25.1 Å². The molecule has 2 heterocycles. The molecule has 1 aliphatic rings. The molecule has 140 valence electrons. The van der Waals surface area contributed by atoms with Crippen LogP contribution in [0.2, 0.25) is 0 Å². The number of aromatic nitrogens is 2. The molecule has 1 aromatic heterocycles. The van der Waals surface area contributed by atoms with E-state index in [1.165, 1.54) is 7.11 Å². The maximum atomic E-state index is 12.4. The van der Waals surface area contributed by atoms with Crippen LogP contribution in [0, 0.1) is 6.92 Å². The van der Waals surface area contributed by atoms with Crippen molar-refractivity contribution < 1.29 is 23.4 Å². The molecule has 0 saturated carbocycles. The van der Waals surface area contributed by atoms with E-state index in [4.69, 9.17) is 18.6 Å². The Morgan fingerprint density at radius 1 is 1.35 bits per heavy atom. The van der Waals surface area contributed by atoms with Gasteiger partial charge in [0.25, 0.3) is 0 Å². The monoisotopic (exact) mass is 362 g/mol. The molecule has 2 N–H and O–H groups in total. The Labute approximate surface area is 151 Å². The van der Waals surface area contributed by atoms with Gasteiger partial charge >= 0.3 is 6.03 Å². The summed E-state index contributed by atoms with van der Waals surface area (Å²) < 4.78 is 21.7. The summed E-state index contributed by atoms with van der Waals surface area (Å²) >= 11 is 0. The molecule has 0 radical (unpaired) electrons. The van der Waals surface area contributed by atoms with Crippen LogP contribution < -0.4 is 15.4 Å². The van der Waals surface area contributed by atoms with E-state index in [9.17, 15) is 4.79 Å². The van der Waals surface area contributed by atoms with Gasteiger partial charge in [0.2, 0.25) is 11.8 Å². The molecule has 1 aromatic carbocycles. The van der Waals surface area contributed by atoms with Crippen molar-refractivity contribution in [1.82, 2.24) is 15.5 Å². The lowest BCUT2D eigenvalue weighted by molar-refractivity contribution is 0.0428. The number of ether oxygens (including phenoxy) is 3. The topological polar surface area (TPSA) is 108 Å². The Morgan fingerprint density at radius 3 is 2.88 bits per heavy atom. The number of anilines is 1. The third-order valence-electron chi connectivity index (χ3n) is 3.95. The molecular weight excluding hydrogens is 340 g/mol. The molecule has 2 atom stereocenters. The third-order valence-corrected chi connectivity index (χ3v) is 3.95. The minimum absolute atomic E-state index is 0.152. The number of carbonyl (C=O) groups excluding carboxylic acids is 1. The summed E-state index contributed by atoms with van der Waals surface area (Å²) in [5.41, 5.74) is 1.17. The Balaban J connectivity index is 1.72. The zero-order chi connectivity index (χ0) is 18.5. The fourth-order valence-corrected chi connectivity index (χ4v) is 2.73. The molecule has 2 aromatic rings. The average molecular weight is 362 g/mol. The minimum atomic E-state index is -0.373. The molecule has 0 aliphatic carbocycles. The molecule has 9 heteroatoms.